The Kier molecular flexibility index (Phi) is 11.0. The van der Waals surface area contributed by atoms with Crippen LogP contribution in [0, 0.1) is 0 Å². The van der Waals surface area contributed by atoms with E-state index < -0.39 is 0 Å². The number of aryl methyl sites for hydroxylation is 1. The van der Waals surface area contributed by atoms with Crippen molar-refractivity contribution in [2.75, 3.05) is 13.2 Å². The second kappa shape index (κ2) is 13.5. The van der Waals surface area contributed by atoms with Crippen molar-refractivity contribution >= 4 is 0 Å². The van der Waals surface area contributed by atoms with Crippen molar-refractivity contribution in [2.45, 2.75) is 77.8 Å². The van der Waals surface area contributed by atoms with Gasteiger partial charge in [0.25, 0.3) is 0 Å². The van der Waals surface area contributed by atoms with E-state index in [1.165, 1.54) is 24.0 Å². The van der Waals surface area contributed by atoms with Crippen LogP contribution < -0.4 is 0 Å². The highest BCUT2D eigenvalue weighted by atomic mass is 16.7. The summed E-state index contributed by atoms with van der Waals surface area (Å²) in [5.74, 6) is -0.357. The molecule has 0 aliphatic carbocycles. The lowest BCUT2D eigenvalue weighted by molar-refractivity contribution is -0.183. The van der Waals surface area contributed by atoms with Crippen molar-refractivity contribution in [3.8, 4) is 0 Å². The van der Waals surface area contributed by atoms with E-state index in [2.05, 4.69) is 63.2 Å². The van der Waals surface area contributed by atoms with Gasteiger partial charge in [-0.1, -0.05) is 101 Å². The standard InChI is InChI=1S/C17H26O3.C9H12/c1-3-10-17(11-4-2)19-14-16(20-17)13-18-12-15-8-6-5-7-9-15;1-2-6-9-7-4-3-5-8-9/h5-9,16H,3-4,10-14H2,1-2H3;3-5,7-8H,2,6H2,1H3. The molecule has 2 aromatic rings. The fraction of sp³-hybridized carbons (Fsp3) is 0.538. The fourth-order valence-corrected chi connectivity index (χ4v) is 3.66. The Morgan fingerprint density at radius 2 is 1.41 bits per heavy atom. The summed E-state index contributed by atoms with van der Waals surface area (Å²) in [5.41, 5.74) is 2.64. The lowest BCUT2D eigenvalue weighted by Gasteiger charge is -2.27. The van der Waals surface area contributed by atoms with Gasteiger partial charge < -0.3 is 14.2 Å². The fourth-order valence-electron chi connectivity index (χ4n) is 3.66. The molecule has 1 atom stereocenters. The molecule has 2 aromatic carbocycles. The van der Waals surface area contributed by atoms with Gasteiger partial charge in [-0.05, 0) is 17.5 Å². The van der Waals surface area contributed by atoms with Gasteiger partial charge in [-0.15, -0.1) is 0 Å². The van der Waals surface area contributed by atoms with Crippen LogP contribution in [0.2, 0.25) is 0 Å². The normalized spacial score (nSPS) is 17.6. The molecule has 3 nitrogen and oxygen atoms in total. The Morgan fingerprint density at radius 1 is 0.828 bits per heavy atom. The maximum atomic E-state index is 6.12. The summed E-state index contributed by atoms with van der Waals surface area (Å²) < 4.78 is 17.8. The van der Waals surface area contributed by atoms with Gasteiger partial charge in [-0.2, -0.15) is 0 Å². The molecule has 0 saturated carbocycles. The average Bonchev–Trinajstić information content (AvgIpc) is 3.14. The zero-order valence-electron chi connectivity index (χ0n) is 18.4. The molecule has 1 aliphatic rings. The molecule has 0 spiro atoms. The third-order valence-corrected chi connectivity index (χ3v) is 4.97. The molecule has 1 unspecified atom stereocenters. The molecule has 1 aliphatic heterocycles. The van der Waals surface area contributed by atoms with Gasteiger partial charge in [0.15, 0.2) is 5.79 Å². The molecule has 0 N–H and O–H groups in total. The first-order valence-electron chi connectivity index (χ1n) is 11.2. The van der Waals surface area contributed by atoms with Crippen molar-refractivity contribution in [2.24, 2.45) is 0 Å². The van der Waals surface area contributed by atoms with Crippen molar-refractivity contribution in [3.05, 3.63) is 71.8 Å². The maximum Gasteiger partial charge on any atom is 0.169 e. The van der Waals surface area contributed by atoms with Gasteiger partial charge in [0, 0.05) is 12.8 Å². The van der Waals surface area contributed by atoms with Crippen LogP contribution in [0.25, 0.3) is 0 Å². The van der Waals surface area contributed by atoms with Crippen molar-refractivity contribution in [1.82, 2.24) is 0 Å². The number of hydrogen-bond donors (Lipinski definition) is 0. The molecular formula is C26H38O3. The predicted octanol–water partition coefficient (Wildman–Crippen LogP) is 6.55. The van der Waals surface area contributed by atoms with E-state index >= 15 is 0 Å². The summed E-state index contributed by atoms with van der Waals surface area (Å²) >= 11 is 0. The number of hydrogen-bond acceptors (Lipinski definition) is 3. The van der Waals surface area contributed by atoms with E-state index in [0.29, 0.717) is 19.8 Å². The molecule has 1 saturated heterocycles. The van der Waals surface area contributed by atoms with E-state index in [-0.39, 0.29) is 11.9 Å². The summed E-state index contributed by atoms with van der Waals surface area (Å²) in [6.45, 7) is 8.42. The van der Waals surface area contributed by atoms with Gasteiger partial charge in [-0.3, -0.25) is 0 Å². The van der Waals surface area contributed by atoms with Crippen molar-refractivity contribution in [1.29, 1.82) is 0 Å². The lowest BCUT2D eigenvalue weighted by atomic mass is 10.1. The van der Waals surface area contributed by atoms with Gasteiger partial charge in [0.05, 0.1) is 19.8 Å². The van der Waals surface area contributed by atoms with Crippen molar-refractivity contribution < 1.29 is 14.2 Å². The summed E-state index contributed by atoms with van der Waals surface area (Å²) in [6, 6.07) is 20.8. The number of benzene rings is 2. The van der Waals surface area contributed by atoms with Gasteiger partial charge >= 0.3 is 0 Å². The summed E-state index contributed by atoms with van der Waals surface area (Å²) in [4.78, 5) is 0. The van der Waals surface area contributed by atoms with Crippen LogP contribution >= 0.6 is 0 Å². The largest absolute Gasteiger partial charge is 0.374 e. The SMILES string of the molecule is CCCC1(CCC)OCC(COCc2ccccc2)O1.CCCc1ccccc1. The highest BCUT2D eigenvalue weighted by Gasteiger charge is 2.39. The molecule has 0 bridgehead atoms. The molecular weight excluding hydrogens is 360 g/mol. The number of rotatable bonds is 10. The van der Waals surface area contributed by atoms with E-state index in [9.17, 15) is 0 Å². The van der Waals surface area contributed by atoms with E-state index in [1.54, 1.807) is 0 Å². The van der Waals surface area contributed by atoms with Gasteiger partial charge in [0.1, 0.15) is 6.10 Å². The van der Waals surface area contributed by atoms with Crippen LogP contribution in [0.5, 0.6) is 0 Å². The van der Waals surface area contributed by atoms with Crippen LogP contribution in [-0.2, 0) is 27.2 Å². The smallest absolute Gasteiger partial charge is 0.169 e. The first-order valence-corrected chi connectivity index (χ1v) is 11.2. The molecule has 0 amide bonds. The van der Waals surface area contributed by atoms with Crippen molar-refractivity contribution in [3.63, 3.8) is 0 Å². The quantitative estimate of drug-likeness (QED) is 0.454. The molecule has 3 rings (SSSR count). The topological polar surface area (TPSA) is 27.7 Å². The Balaban J connectivity index is 0.000000278. The van der Waals surface area contributed by atoms with E-state index in [0.717, 1.165) is 25.7 Å². The van der Waals surface area contributed by atoms with Crippen LogP contribution in [0.4, 0.5) is 0 Å². The maximum absolute atomic E-state index is 6.12. The van der Waals surface area contributed by atoms with Crippen LogP contribution in [0.15, 0.2) is 60.7 Å². The average molecular weight is 399 g/mol. The Labute approximate surface area is 177 Å². The summed E-state index contributed by atoms with van der Waals surface area (Å²) in [6.07, 6.45) is 6.61. The van der Waals surface area contributed by atoms with Gasteiger partial charge in [-0.25, -0.2) is 0 Å². The van der Waals surface area contributed by atoms with E-state index in [1.807, 2.05) is 18.2 Å². The third kappa shape index (κ3) is 8.69. The Bertz CT molecular complexity index is 636. The zero-order chi connectivity index (χ0) is 20.8. The minimum Gasteiger partial charge on any atom is -0.374 e. The third-order valence-electron chi connectivity index (χ3n) is 4.97. The van der Waals surface area contributed by atoms with E-state index in [4.69, 9.17) is 14.2 Å². The minimum atomic E-state index is -0.357. The predicted molar refractivity (Wildman–Crippen MR) is 120 cm³/mol. The summed E-state index contributed by atoms with van der Waals surface area (Å²) in [5, 5.41) is 0. The molecule has 3 heteroatoms. The molecule has 29 heavy (non-hydrogen) atoms. The first-order chi connectivity index (χ1) is 14.2. The molecule has 0 radical (unpaired) electrons. The second-order valence-corrected chi connectivity index (χ2v) is 7.70. The zero-order valence-corrected chi connectivity index (χ0v) is 18.4. The Hall–Kier alpha value is -1.68. The van der Waals surface area contributed by atoms with Gasteiger partial charge in [0.2, 0.25) is 0 Å². The Morgan fingerprint density at radius 3 is 1.97 bits per heavy atom. The first kappa shape index (κ1) is 23.6. The van der Waals surface area contributed by atoms with Crippen LogP contribution in [0.3, 0.4) is 0 Å². The second-order valence-electron chi connectivity index (χ2n) is 7.70. The molecule has 160 valence electrons. The summed E-state index contributed by atoms with van der Waals surface area (Å²) in [7, 11) is 0. The van der Waals surface area contributed by atoms with Crippen LogP contribution in [0.1, 0.15) is 64.0 Å². The molecule has 0 aromatic heterocycles. The lowest BCUT2D eigenvalue weighted by Crippen LogP contribution is -2.31. The van der Waals surface area contributed by atoms with Crippen LogP contribution in [-0.4, -0.2) is 25.1 Å². The number of ether oxygens (including phenoxy) is 3. The minimum absolute atomic E-state index is 0.0665. The molecule has 1 heterocycles. The molecule has 1 fully saturated rings. The highest BCUT2D eigenvalue weighted by Crippen LogP contribution is 2.33. The highest BCUT2D eigenvalue weighted by molar-refractivity contribution is 5.14. The monoisotopic (exact) mass is 398 g/mol.